The van der Waals surface area contributed by atoms with Crippen molar-refractivity contribution < 1.29 is 14.3 Å². The highest BCUT2D eigenvalue weighted by Crippen LogP contribution is 2.35. The van der Waals surface area contributed by atoms with Crippen LogP contribution in [0.3, 0.4) is 0 Å². The minimum Gasteiger partial charge on any atom is -0.486 e. The number of nitrogen functional groups attached to an aromatic ring is 1. The number of thiophene rings is 1. The van der Waals surface area contributed by atoms with E-state index in [1.807, 2.05) is 35.7 Å². The lowest BCUT2D eigenvalue weighted by Crippen LogP contribution is -2.31. The number of rotatable bonds is 6. The molecule has 1 aliphatic rings. The van der Waals surface area contributed by atoms with Crippen LogP contribution in [0.1, 0.15) is 4.88 Å². The lowest BCUT2D eigenvalue weighted by molar-refractivity contribution is -0.116. The van der Waals surface area contributed by atoms with Crippen LogP contribution >= 0.6 is 23.1 Å². The molecule has 27 heavy (non-hydrogen) atoms. The van der Waals surface area contributed by atoms with Gasteiger partial charge in [-0.1, -0.05) is 17.8 Å². The number of nitrogens with two attached hydrogens (primary N) is 1. The second kappa shape index (κ2) is 7.89. The van der Waals surface area contributed by atoms with Gasteiger partial charge in [-0.3, -0.25) is 4.79 Å². The van der Waals surface area contributed by atoms with E-state index in [0.29, 0.717) is 36.4 Å². The number of nitrogens with one attached hydrogen (secondary N) is 1. The summed E-state index contributed by atoms with van der Waals surface area (Å²) in [5.74, 6) is 1.70. The highest BCUT2D eigenvalue weighted by Gasteiger charge is 2.21. The van der Waals surface area contributed by atoms with Crippen molar-refractivity contribution in [3.8, 4) is 11.5 Å². The van der Waals surface area contributed by atoms with Crippen LogP contribution in [0, 0.1) is 0 Å². The minimum atomic E-state index is -0.0616. The van der Waals surface area contributed by atoms with E-state index in [9.17, 15) is 4.79 Å². The van der Waals surface area contributed by atoms with Gasteiger partial charge in [-0.15, -0.1) is 16.4 Å². The fourth-order valence-electron chi connectivity index (χ4n) is 2.61. The Morgan fingerprint density at radius 3 is 2.89 bits per heavy atom. The van der Waals surface area contributed by atoms with Crippen molar-refractivity contribution in [2.24, 2.45) is 0 Å². The number of hydrogen-bond donors (Lipinski definition) is 2. The van der Waals surface area contributed by atoms with Crippen molar-refractivity contribution >= 4 is 40.6 Å². The second-order valence-corrected chi connectivity index (χ2v) is 7.65. The highest BCUT2D eigenvalue weighted by atomic mass is 32.2. The number of amides is 1. The quantitative estimate of drug-likeness (QED) is 0.609. The Morgan fingerprint density at radius 1 is 1.30 bits per heavy atom. The minimum absolute atomic E-state index is 0.0616. The van der Waals surface area contributed by atoms with E-state index < -0.39 is 0 Å². The van der Waals surface area contributed by atoms with Gasteiger partial charge in [0.2, 0.25) is 17.0 Å². The third kappa shape index (κ3) is 4.17. The SMILES string of the molecule is Nc1nc(SCC(=O)N(Cc2cccs2)c2ccc3c(c2)OCCO3)n[nH]1. The maximum absolute atomic E-state index is 13.0. The smallest absolute Gasteiger partial charge is 0.237 e. The molecule has 1 amide bonds. The number of H-pyrrole nitrogens is 1. The topological polar surface area (TPSA) is 106 Å². The molecule has 0 unspecified atom stereocenters. The number of aromatic nitrogens is 3. The molecule has 2 aromatic heterocycles. The Bertz CT molecular complexity index is 929. The van der Waals surface area contributed by atoms with Crippen molar-refractivity contribution in [1.82, 2.24) is 15.2 Å². The number of benzene rings is 1. The van der Waals surface area contributed by atoms with Gasteiger partial charge in [-0.2, -0.15) is 4.98 Å². The number of thioether (sulfide) groups is 1. The molecule has 3 aromatic rings. The molecule has 8 nitrogen and oxygen atoms in total. The van der Waals surface area contributed by atoms with Crippen molar-refractivity contribution in [1.29, 1.82) is 0 Å². The third-order valence-electron chi connectivity index (χ3n) is 3.84. The normalized spacial score (nSPS) is 12.7. The summed E-state index contributed by atoms with van der Waals surface area (Å²) in [5.41, 5.74) is 6.29. The van der Waals surface area contributed by atoms with Crippen LogP contribution in [0.2, 0.25) is 0 Å². The summed E-state index contributed by atoms with van der Waals surface area (Å²) in [5, 5.41) is 8.95. The number of ether oxygens (including phenoxy) is 2. The Hall–Kier alpha value is -2.72. The van der Waals surface area contributed by atoms with Gasteiger partial charge in [0, 0.05) is 16.6 Å². The first kappa shape index (κ1) is 17.7. The molecule has 4 rings (SSSR count). The number of hydrogen-bond acceptors (Lipinski definition) is 8. The Balaban J connectivity index is 1.55. The largest absolute Gasteiger partial charge is 0.486 e. The lowest BCUT2D eigenvalue weighted by atomic mass is 10.2. The summed E-state index contributed by atoms with van der Waals surface area (Å²) in [6, 6.07) is 9.52. The van der Waals surface area contributed by atoms with Crippen LogP contribution in [0.4, 0.5) is 11.6 Å². The second-order valence-electron chi connectivity index (χ2n) is 5.68. The van der Waals surface area contributed by atoms with Crippen molar-refractivity contribution in [2.45, 2.75) is 11.7 Å². The van der Waals surface area contributed by atoms with E-state index in [1.165, 1.54) is 11.8 Å². The molecule has 0 aliphatic carbocycles. The van der Waals surface area contributed by atoms with Crippen LogP contribution in [0.5, 0.6) is 11.5 Å². The summed E-state index contributed by atoms with van der Waals surface area (Å²) in [7, 11) is 0. The maximum Gasteiger partial charge on any atom is 0.237 e. The summed E-state index contributed by atoms with van der Waals surface area (Å²) in [6.45, 7) is 1.50. The molecule has 1 aliphatic heterocycles. The first-order valence-corrected chi connectivity index (χ1v) is 10.1. The van der Waals surface area contributed by atoms with Gasteiger partial charge in [0.1, 0.15) is 13.2 Å². The van der Waals surface area contributed by atoms with Crippen LogP contribution in [0.15, 0.2) is 40.9 Å². The highest BCUT2D eigenvalue weighted by molar-refractivity contribution is 7.99. The Labute approximate surface area is 163 Å². The van der Waals surface area contributed by atoms with Crippen molar-refractivity contribution in [3.63, 3.8) is 0 Å². The zero-order valence-electron chi connectivity index (χ0n) is 14.3. The molecule has 140 valence electrons. The van der Waals surface area contributed by atoms with E-state index in [0.717, 1.165) is 10.6 Å². The molecule has 10 heteroatoms. The molecule has 0 bridgehead atoms. The number of carbonyl (C=O) groups excluding carboxylic acids is 1. The fraction of sp³-hybridized carbons (Fsp3) is 0.235. The number of anilines is 2. The molecule has 0 saturated carbocycles. The fourth-order valence-corrected chi connectivity index (χ4v) is 3.98. The summed E-state index contributed by atoms with van der Waals surface area (Å²) < 4.78 is 11.2. The van der Waals surface area contributed by atoms with Crippen LogP contribution < -0.4 is 20.1 Å². The van der Waals surface area contributed by atoms with Gasteiger partial charge in [0.25, 0.3) is 0 Å². The van der Waals surface area contributed by atoms with Crippen molar-refractivity contribution in [2.75, 3.05) is 29.6 Å². The van der Waals surface area contributed by atoms with Gasteiger partial charge < -0.3 is 20.1 Å². The average Bonchev–Trinajstić information content (AvgIpc) is 3.35. The third-order valence-corrected chi connectivity index (χ3v) is 5.53. The Morgan fingerprint density at radius 2 is 2.15 bits per heavy atom. The molecule has 0 radical (unpaired) electrons. The predicted molar refractivity (Wildman–Crippen MR) is 104 cm³/mol. The molecule has 0 fully saturated rings. The van der Waals surface area contributed by atoms with Crippen LogP contribution in [-0.2, 0) is 11.3 Å². The van der Waals surface area contributed by atoms with E-state index >= 15 is 0 Å². The van der Waals surface area contributed by atoms with Crippen LogP contribution in [-0.4, -0.2) is 40.1 Å². The lowest BCUT2D eigenvalue weighted by Gasteiger charge is -2.25. The predicted octanol–water partition coefficient (Wildman–Crippen LogP) is 2.55. The summed E-state index contributed by atoms with van der Waals surface area (Å²) in [6.07, 6.45) is 0. The van der Waals surface area contributed by atoms with E-state index in [2.05, 4.69) is 15.2 Å². The number of nitrogens with zero attached hydrogens (tertiary/aromatic N) is 3. The molecule has 0 saturated heterocycles. The molecule has 0 spiro atoms. The summed E-state index contributed by atoms with van der Waals surface area (Å²) in [4.78, 5) is 19.8. The first-order chi connectivity index (χ1) is 13.2. The monoisotopic (exact) mass is 403 g/mol. The van der Waals surface area contributed by atoms with E-state index in [1.54, 1.807) is 16.2 Å². The van der Waals surface area contributed by atoms with Gasteiger partial charge in [0.05, 0.1) is 12.3 Å². The summed E-state index contributed by atoms with van der Waals surface area (Å²) >= 11 is 2.84. The van der Waals surface area contributed by atoms with E-state index in [4.69, 9.17) is 15.2 Å². The maximum atomic E-state index is 13.0. The van der Waals surface area contributed by atoms with Gasteiger partial charge in [0.15, 0.2) is 11.5 Å². The number of carbonyl (C=O) groups is 1. The van der Waals surface area contributed by atoms with Crippen LogP contribution in [0.25, 0.3) is 0 Å². The number of aromatic amines is 1. The molecular formula is C17H17N5O3S2. The van der Waals surface area contributed by atoms with Gasteiger partial charge in [-0.25, -0.2) is 5.10 Å². The van der Waals surface area contributed by atoms with Crippen molar-refractivity contribution in [3.05, 3.63) is 40.6 Å². The Kier molecular flexibility index (Phi) is 5.16. The molecule has 3 heterocycles. The van der Waals surface area contributed by atoms with Gasteiger partial charge >= 0.3 is 0 Å². The first-order valence-electron chi connectivity index (χ1n) is 8.22. The molecular weight excluding hydrogens is 386 g/mol. The molecule has 1 aromatic carbocycles. The standard InChI is InChI=1S/C17H17N5O3S2/c18-16-19-17(21-20-16)27-10-15(23)22(9-12-2-1-7-26-12)11-3-4-13-14(8-11)25-6-5-24-13/h1-4,7-8H,5-6,9-10H2,(H3,18,19,20,21). The van der Waals surface area contributed by atoms with E-state index in [-0.39, 0.29) is 17.6 Å². The zero-order valence-corrected chi connectivity index (χ0v) is 15.9. The van der Waals surface area contributed by atoms with Gasteiger partial charge in [-0.05, 0) is 23.6 Å². The molecule has 0 atom stereocenters. The number of fused-ring (bicyclic) bond motifs is 1. The average molecular weight is 403 g/mol. The zero-order chi connectivity index (χ0) is 18.6. The molecule has 3 N–H and O–H groups in total.